The summed E-state index contributed by atoms with van der Waals surface area (Å²) < 4.78 is 9.17. The van der Waals surface area contributed by atoms with E-state index in [-0.39, 0.29) is 5.91 Å². The zero-order chi connectivity index (χ0) is 25.9. The minimum absolute atomic E-state index is 0.158. The monoisotopic (exact) mass is 591 g/mol. The van der Waals surface area contributed by atoms with E-state index >= 15 is 0 Å². The summed E-state index contributed by atoms with van der Waals surface area (Å²) in [5, 5.41) is 4.03. The van der Waals surface area contributed by atoms with E-state index in [0.29, 0.717) is 21.7 Å². The first kappa shape index (κ1) is 25.4. The van der Waals surface area contributed by atoms with Crippen molar-refractivity contribution in [3.63, 3.8) is 0 Å². The molecule has 186 valence electrons. The van der Waals surface area contributed by atoms with Crippen LogP contribution in [0.15, 0.2) is 93.2 Å². The average Bonchev–Trinajstić information content (AvgIpc) is 3.37. The maximum absolute atomic E-state index is 12.6. The van der Waals surface area contributed by atoms with Gasteiger partial charge in [0.05, 0.1) is 10.6 Å². The lowest BCUT2D eigenvalue weighted by Gasteiger charge is -2.11. The van der Waals surface area contributed by atoms with E-state index in [1.54, 1.807) is 12.1 Å². The number of thioether (sulfide) groups is 1. The van der Waals surface area contributed by atoms with Gasteiger partial charge in [-0.15, -0.1) is 0 Å². The molecule has 37 heavy (non-hydrogen) atoms. The van der Waals surface area contributed by atoms with Crippen LogP contribution in [0, 0.1) is 13.8 Å². The van der Waals surface area contributed by atoms with Gasteiger partial charge in [-0.1, -0.05) is 39.7 Å². The van der Waals surface area contributed by atoms with Crippen molar-refractivity contribution in [2.75, 3.05) is 0 Å². The van der Waals surface area contributed by atoms with Gasteiger partial charge >= 0.3 is 0 Å². The molecule has 0 aliphatic carbocycles. The normalized spacial score (nSPS) is 15.4. The van der Waals surface area contributed by atoms with E-state index in [2.05, 4.69) is 50.7 Å². The van der Waals surface area contributed by atoms with E-state index in [9.17, 15) is 4.79 Å². The molecule has 1 aliphatic rings. The van der Waals surface area contributed by atoms with Crippen molar-refractivity contribution in [3.05, 3.63) is 116 Å². The number of carbonyl (C=O) groups excluding carboxylic acids is 1. The Kier molecular flexibility index (Phi) is 7.55. The lowest BCUT2D eigenvalue weighted by molar-refractivity contribution is -0.115. The second kappa shape index (κ2) is 11.0. The summed E-state index contributed by atoms with van der Waals surface area (Å²) in [5.74, 6) is 0.651. The molecule has 0 bridgehead atoms. The van der Waals surface area contributed by atoms with Crippen molar-refractivity contribution in [1.82, 2.24) is 9.88 Å². The first-order valence-corrected chi connectivity index (χ1v) is 13.6. The van der Waals surface area contributed by atoms with E-state index in [0.717, 1.165) is 44.1 Å². The van der Waals surface area contributed by atoms with Crippen LogP contribution in [0.2, 0.25) is 5.02 Å². The van der Waals surface area contributed by atoms with E-state index in [1.807, 2.05) is 66.7 Å². The fraction of sp³-hybridized carbons (Fsp3) is 0.103. The highest BCUT2D eigenvalue weighted by molar-refractivity contribution is 9.10. The summed E-state index contributed by atoms with van der Waals surface area (Å²) in [6.45, 7) is 4.62. The van der Waals surface area contributed by atoms with Crippen molar-refractivity contribution in [2.45, 2.75) is 20.5 Å². The molecule has 5 nitrogen and oxygen atoms in total. The molecule has 0 saturated carbocycles. The molecule has 4 aromatic rings. The number of carbonyl (C=O) groups is 1. The topological polar surface area (TPSA) is 55.6 Å². The maximum Gasteiger partial charge on any atom is 0.264 e. The third-order valence-corrected chi connectivity index (χ3v) is 7.57. The minimum atomic E-state index is -0.158. The fourth-order valence-electron chi connectivity index (χ4n) is 4.02. The molecular formula is C29H23BrClN3O2S. The Labute approximate surface area is 233 Å². The number of rotatable bonds is 6. The number of hydrogen-bond acceptors (Lipinski definition) is 4. The SMILES string of the molecule is Cc1cc(/C=C2\SC(=Nc3ccc(Cl)cc3)NC2=O)c(C)n1-c1ccc(OCc2ccc(Br)cc2)cc1. The summed E-state index contributed by atoms with van der Waals surface area (Å²) in [6.07, 6.45) is 1.92. The summed E-state index contributed by atoms with van der Waals surface area (Å²) in [7, 11) is 0. The molecule has 1 amide bonds. The summed E-state index contributed by atoms with van der Waals surface area (Å²) in [5.41, 5.74) is 5.98. The number of amidine groups is 1. The number of halogens is 2. The maximum atomic E-state index is 12.6. The molecule has 0 unspecified atom stereocenters. The molecule has 0 spiro atoms. The van der Waals surface area contributed by atoms with Gasteiger partial charge in [-0.2, -0.15) is 0 Å². The quantitative estimate of drug-likeness (QED) is 0.231. The molecule has 3 aromatic carbocycles. The highest BCUT2D eigenvalue weighted by Crippen LogP contribution is 2.31. The van der Waals surface area contributed by atoms with Crippen LogP contribution >= 0.6 is 39.3 Å². The van der Waals surface area contributed by atoms with E-state index in [4.69, 9.17) is 16.3 Å². The predicted molar refractivity (Wildman–Crippen MR) is 156 cm³/mol. The van der Waals surface area contributed by atoms with Gasteiger partial charge < -0.3 is 14.6 Å². The third kappa shape index (κ3) is 6.01. The number of ether oxygens (including phenoxy) is 1. The number of aromatic nitrogens is 1. The molecule has 1 fully saturated rings. The highest BCUT2D eigenvalue weighted by Gasteiger charge is 2.24. The second-order valence-electron chi connectivity index (χ2n) is 8.53. The van der Waals surface area contributed by atoms with E-state index in [1.165, 1.54) is 11.8 Å². The fourth-order valence-corrected chi connectivity index (χ4v) is 5.25. The number of nitrogens with zero attached hydrogens (tertiary/aromatic N) is 2. The van der Waals surface area contributed by atoms with Gasteiger partial charge in [-0.05, 0) is 110 Å². The molecule has 1 aliphatic heterocycles. The van der Waals surface area contributed by atoms with Crippen LogP contribution in [-0.2, 0) is 11.4 Å². The largest absolute Gasteiger partial charge is 0.489 e. The number of aryl methyl sites for hydroxylation is 1. The Morgan fingerprint density at radius 2 is 1.73 bits per heavy atom. The van der Waals surface area contributed by atoms with Gasteiger partial charge in [-0.3, -0.25) is 4.79 Å². The number of nitrogens with one attached hydrogen (secondary N) is 1. The van der Waals surface area contributed by atoms with Gasteiger partial charge in [-0.25, -0.2) is 4.99 Å². The van der Waals surface area contributed by atoms with Crippen LogP contribution < -0.4 is 10.1 Å². The van der Waals surface area contributed by atoms with Crippen molar-refractivity contribution in [1.29, 1.82) is 0 Å². The predicted octanol–water partition coefficient (Wildman–Crippen LogP) is 7.98. The molecule has 1 saturated heterocycles. The number of benzene rings is 3. The standard InChI is InChI=1S/C29H23BrClN3O2S/c1-18-15-21(16-27-28(35)33-29(37-27)32-24-9-7-23(31)8-10-24)19(2)34(18)25-11-13-26(14-12-25)36-17-20-3-5-22(30)6-4-20/h3-16H,17H2,1-2H3,(H,32,33,35)/b27-16-. The lowest BCUT2D eigenvalue weighted by atomic mass is 10.2. The van der Waals surface area contributed by atoms with Crippen molar-refractivity contribution in [2.24, 2.45) is 4.99 Å². The van der Waals surface area contributed by atoms with Gasteiger partial charge in [0.2, 0.25) is 0 Å². The Hall–Kier alpha value is -3.26. The summed E-state index contributed by atoms with van der Waals surface area (Å²) in [6, 6.07) is 25.4. The van der Waals surface area contributed by atoms with Crippen LogP contribution in [0.25, 0.3) is 11.8 Å². The van der Waals surface area contributed by atoms with Gasteiger partial charge in [0.15, 0.2) is 5.17 Å². The number of amides is 1. The van der Waals surface area contributed by atoms with Crippen molar-refractivity contribution < 1.29 is 9.53 Å². The first-order chi connectivity index (χ1) is 17.9. The second-order valence-corrected chi connectivity index (χ2v) is 10.9. The smallest absolute Gasteiger partial charge is 0.264 e. The molecule has 1 aromatic heterocycles. The van der Waals surface area contributed by atoms with Crippen molar-refractivity contribution in [3.8, 4) is 11.4 Å². The minimum Gasteiger partial charge on any atom is -0.489 e. The Bertz CT molecular complexity index is 1510. The van der Waals surface area contributed by atoms with Crippen molar-refractivity contribution >= 4 is 62.1 Å². The molecule has 0 atom stereocenters. The summed E-state index contributed by atoms with van der Waals surface area (Å²) >= 11 is 10.7. The zero-order valence-corrected chi connectivity index (χ0v) is 23.3. The molecule has 2 heterocycles. The van der Waals surface area contributed by atoms with Crippen LogP contribution in [0.3, 0.4) is 0 Å². The van der Waals surface area contributed by atoms with Crippen LogP contribution in [0.4, 0.5) is 5.69 Å². The van der Waals surface area contributed by atoms with Crippen LogP contribution in [0.1, 0.15) is 22.5 Å². The first-order valence-electron chi connectivity index (χ1n) is 11.6. The molecule has 5 rings (SSSR count). The number of aliphatic imine (C=N–C) groups is 1. The van der Waals surface area contributed by atoms with Gasteiger partial charge in [0.25, 0.3) is 5.91 Å². The molecular weight excluding hydrogens is 570 g/mol. The van der Waals surface area contributed by atoms with Gasteiger partial charge in [0.1, 0.15) is 12.4 Å². The van der Waals surface area contributed by atoms with E-state index < -0.39 is 0 Å². The Morgan fingerprint density at radius 3 is 2.43 bits per heavy atom. The summed E-state index contributed by atoms with van der Waals surface area (Å²) in [4.78, 5) is 17.7. The van der Waals surface area contributed by atoms with Crippen LogP contribution in [0.5, 0.6) is 5.75 Å². The molecule has 0 radical (unpaired) electrons. The number of hydrogen-bond donors (Lipinski definition) is 1. The van der Waals surface area contributed by atoms with Crippen LogP contribution in [-0.4, -0.2) is 15.6 Å². The molecule has 1 N–H and O–H groups in total. The average molecular weight is 593 g/mol. The highest BCUT2D eigenvalue weighted by atomic mass is 79.9. The zero-order valence-electron chi connectivity index (χ0n) is 20.2. The third-order valence-electron chi connectivity index (χ3n) is 5.88. The van der Waals surface area contributed by atoms with Gasteiger partial charge in [0, 0.05) is 26.6 Å². The Balaban J connectivity index is 1.31. The lowest BCUT2D eigenvalue weighted by Crippen LogP contribution is -2.19. The molecule has 8 heteroatoms. The Morgan fingerprint density at radius 1 is 1.03 bits per heavy atom.